The minimum Gasteiger partial charge on any atom is -0.425 e. The second kappa shape index (κ2) is 7.95. The van der Waals surface area contributed by atoms with E-state index in [1.165, 1.54) is 12.1 Å². The van der Waals surface area contributed by atoms with Crippen LogP contribution in [-0.4, -0.2) is 15.5 Å². The Bertz CT molecular complexity index is 1290. The lowest BCUT2D eigenvalue weighted by molar-refractivity contribution is -0.148. The number of fused-ring (bicyclic) bond motifs is 1. The number of alkyl halides is 3. The number of nitrogens with zero attached hydrogens (tertiary/aromatic N) is 3. The largest absolute Gasteiger partial charge is 0.449 e. The quantitative estimate of drug-likeness (QED) is 0.336. The lowest BCUT2D eigenvalue weighted by Gasteiger charge is -2.11. The molecule has 0 spiro atoms. The van der Waals surface area contributed by atoms with Crippen LogP contribution in [0.1, 0.15) is 11.4 Å². The summed E-state index contributed by atoms with van der Waals surface area (Å²) in [5.74, 6) is -1.79. The number of hydrogen-bond donors (Lipinski definition) is 0. The molecule has 0 bridgehead atoms. The van der Waals surface area contributed by atoms with E-state index < -0.39 is 24.5 Å². The van der Waals surface area contributed by atoms with Gasteiger partial charge in [-0.25, -0.2) is 9.78 Å². The zero-order valence-corrected chi connectivity index (χ0v) is 15.9. The molecular weight excluding hydrogens is 407 g/mol. The van der Waals surface area contributed by atoms with E-state index in [2.05, 4.69) is 4.98 Å². The number of nitriles is 1. The summed E-state index contributed by atoms with van der Waals surface area (Å²) >= 11 is 0. The normalized spacial score (nSPS) is 11.3. The number of para-hydroxylation sites is 2. The van der Waals surface area contributed by atoms with Crippen LogP contribution in [0.15, 0.2) is 72.8 Å². The zero-order chi connectivity index (χ0) is 22.0. The first-order chi connectivity index (χ1) is 14.8. The van der Waals surface area contributed by atoms with Crippen molar-refractivity contribution in [3.8, 4) is 22.9 Å². The molecule has 5 nitrogen and oxygen atoms in total. The van der Waals surface area contributed by atoms with Crippen LogP contribution >= 0.6 is 0 Å². The molecule has 1 heterocycles. The Balaban J connectivity index is 1.52. The van der Waals surface area contributed by atoms with Gasteiger partial charge in [-0.05, 0) is 47.5 Å². The van der Waals surface area contributed by atoms with Crippen LogP contribution in [-0.2, 0) is 17.5 Å². The Kier molecular flexibility index (Phi) is 5.17. The molecule has 4 rings (SSSR count). The first-order valence-corrected chi connectivity index (χ1v) is 9.19. The number of carbonyl (C=O) groups excluding carboxylic acids is 1. The molecule has 8 heteroatoms. The van der Waals surface area contributed by atoms with E-state index in [0.717, 1.165) is 15.7 Å². The van der Waals surface area contributed by atoms with Gasteiger partial charge in [0.15, 0.2) is 0 Å². The molecule has 1 aromatic heterocycles. The predicted molar refractivity (Wildman–Crippen MR) is 107 cm³/mol. The van der Waals surface area contributed by atoms with Crippen LogP contribution in [0.2, 0.25) is 0 Å². The van der Waals surface area contributed by atoms with Crippen molar-refractivity contribution >= 4 is 17.0 Å². The fraction of sp³-hybridized carbons (Fsp3) is 0.0870. The number of halogens is 3. The summed E-state index contributed by atoms with van der Waals surface area (Å²) < 4.78 is 46.1. The predicted octanol–water partition coefficient (Wildman–Crippen LogP) is 5.20. The van der Waals surface area contributed by atoms with Gasteiger partial charge in [-0.3, -0.25) is 0 Å². The van der Waals surface area contributed by atoms with Crippen molar-refractivity contribution in [1.29, 1.82) is 5.26 Å². The van der Waals surface area contributed by atoms with Crippen LogP contribution in [0.5, 0.6) is 5.75 Å². The molecule has 4 aromatic rings. The van der Waals surface area contributed by atoms with Crippen molar-refractivity contribution in [3.63, 3.8) is 0 Å². The van der Waals surface area contributed by atoms with E-state index in [0.29, 0.717) is 5.56 Å². The summed E-state index contributed by atoms with van der Waals surface area (Å²) in [6.07, 6.45) is -4.71. The zero-order valence-electron chi connectivity index (χ0n) is 15.9. The maximum atomic E-state index is 13.4. The molecule has 0 fully saturated rings. The van der Waals surface area contributed by atoms with Crippen LogP contribution in [0.25, 0.3) is 22.2 Å². The van der Waals surface area contributed by atoms with E-state index in [4.69, 9.17) is 10.00 Å². The van der Waals surface area contributed by atoms with Crippen molar-refractivity contribution in [2.75, 3.05) is 0 Å². The first kappa shape index (κ1) is 20.2. The Morgan fingerprint density at radius 2 is 1.58 bits per heavy atom. The van der Waals surface area contributed by atoms with Gasteiger partial charge in [-0.2, -0.15) is 18.4 Å². The van der Waals surface area contributed by atoms with Gasteiger partial charge in [-0.1, -0.05) is 36.4 Å². The molecule has 3 aromatic carbocycles. The second-order valence-electron chi connectivity index (χ2n) is 6.70. The van der Waals surface area contributed by atoms with E-state index in [1.807, 2.05) is 6.07 Å². The molecule has 0 aliphatic rings. The molecule has 0 atom stereocenters. The number of aromatic nitrogens is 2. The highest BCUT2D eigenvalue weighted by Crippen LogP contribution is 2.31. The lowest BCUT2D eigenvalue weighted by Crippen LogP contribution is -2.22. The summed E-state index contributed by atoms with van der Waals surface area (Å²) in [6.45, 7) is -0.632. The molecule has 0 N–H and O–H groups in total. The lowest BCUT2D eigenvalue weighted by atomic mass is 10.0. The highest BCUT2D eigenvalue weighted by atomic mass is 19.4. The van der Waals surface area contributed by atoms with E-state index >= 15 is 0 Å². The maximum Gasteiger partial charge on any atom is 0.449 e. The summed E-state index contributed by atoms with van der Waals surface area (Å²) in [5.41, 5.74) is 2.60. The van der Waals surface area contributed by atoms with Crippen molar-refractivity contribution in [3.05, 3.63) is 84.2 Å². The van der Waals surface area contributed by atoms with Gasteiger partial charge in [0.1, 0.15) is 12.3 Å². The number of hydrogen-bond acceptors (Lipinski definition) is 4. The van der Waals surface area contributed by atoms with Crippen molar-refractivity contribution < 1.29 is 22.7 Å². The number of carbonyl (C=O) groups is 1. The molecular formula is C23H14F3N3O2. The Morgan fingerprint density at radius 1 is 0.968 bits per heavy atom. The molecule has 0 saturated heterocycles. The topological polar surface area (TPSA) is 67.9 Å². The third-order valence-electron chi connectivity index (χ3n) is 4.63. The Hall–Kier alpha value is -4.12. The van der Waals surface area contributed by atoms with Gasteiger partial charge in [-0.15, -0.1) is 0 Å². The van der Waals surface area contributed by atoms with Gasteiger partial charge in [0.25, 0.3) is 0 Å². The molecule has 0 amide bonds. The molecule has 0 aliphatic heterocycles. The molecule has 154 valence electrons. The number of imidazole rings is 1. The van der Waals surface area contributed by atoms with Gasteiger partial charge < -0.3 is 9.30 Å². The van der Waals surface area contributed by atoms with Crippen molar-refractivity contribution in [2.24, 2.45) is 0 Å². The summed E-state index contributed by atoms with van der Waals surface area (Å²) in [4.78, 5) is 16.0. The number of benzene rings is 3. The van der Waals surface area contributed by atoms with Crippen molar-refractivity contribution in [2.45, 2.75) is 12.7 Å². The fourth-order valence-corrected chi connectivity index (χ4v) is 3.20. The second-order valence-corrected chi connectivity index (χ2v) is 6.70. The average molecular weight is 421 g/mol. The molecule has 0 unspecified atom stereocenters. The Labute approximate surface area is 174 Å². The minimum absolute atomic E-state index is 0.148. The van der Waals surface area contributed by atoms with Crippen LogP contribution in [0, 0.1) is 11.3 Å². The van der Waals surface area contributed by atoms with Gasteiger partial charge in [0.05, 0.1) is 22.7 Å². The van der Waals surface area contributed by atoms with E-state index in [1.54, 1.807) is 60.7 Å². The molecule has 0 saturated carbocycles. The summed E-state index contributed by atoms with van der Waals surface area (Å²) in [7, 11) is 0. The van der Waals surface area contributed by atoms with Crippen LogP contribution < -0.4 is 4.74 Å². The third-order valence-corrected chi connectivity index (χ3v) is 4.63. The van der Waals surface area contributed by atoms with E-state index in [-0.39, 0.29) is 16.8 Å². The highest BCUT2D eigenvalue weighted by molar-refractivity contribution is 5.80. The monoisotopic (exact) mass is 421 g/mol. The average Bonchev–Trinajstić information content (AvgIpc) is 3.13. The number of ether oxygens (including phenoxy) is 1. The number of rotatable bonds is 4. The smallest absolute Gasteiger partial charge is 0.425 e. The van der Waals surface area contributed by atoms with Gasteiger partial charge in [0.2, 0.25) is 5.82 Å². The van der Waals surface area contributed by atoms with E-state index in [9.17, 15) is 18.0 Å². The van der Waals surface area contributed by atoms with Crippen LogP contribution in [0.3, 0.4) is 0 Å². The first-order valence-electron chi connectivity index (χ1n) is 9.19. The third kappa shape index (κ3) is 4.26. The van der Waals surface area contributed by atoms with Gasteiger partial charge in [0, 0.05) is 0 Å². The summed E-state index contributed by atoms with van der Waals surface area (Å²) in [5, 5.41) is 8.86. The Morgan fingerprint density at radius 3 is 2.19 bits per heavy atom. The standard InChI is InChI=1S/C23H14F3N3O2/c24-23(25,26)22-28-19-3-1-2-4-20(19)29(22)14-21(30)31-18-11-9-17(10-12-18)16-7-5-15(13-27)6-8-16/h1-12H,14H2. The van der Waals surface area contributed by atoms with Crippen LogP contribution in [0.4, 0.5) is 13.2 Å². The highest BCUT2D eigenvalue weighted by Gasteiger charge is 2.38. The summed E-state index contributed by atoms with van der Waals surface area (Å²) in [6, 6.07) is 21.6. The molecule has 0 radical (unpaired) electrons. The minimum atomic E-state index is -4.71. The fourth-order valence-electron chi connectivity index (χ4n) is 3.20. The number of esters is 1. The molecule has 0 aliphatic carbocycles. The molecule has 31 heavy (non-hydrogen) atoms. The van der Waals surface area contributed by atoms with Gasteiger partial charge >= 0.3 is 12.1 Å². The van der Waals surface area contributed by atoms with Crippen molar-refractivity contribution in [1.82, 2.24) is 9.55 Å². The SMILES string of the molecule is N#Cc1ccc(-c2ccc(OC(=O)Cn3c(C(F)(F)F)nc4ccccc43)cc2)cc1. The maximum absolute atomic E-state index is 13.4.